The molecule has 3 aromatic heterocycles. The lowest BCUT2D eigenvalue weighted by Crippen LogP contribution is -2.22. The highest BCUT2D eigenvalue weighted by Gasteiger charge is 2.17. The molecule has 1 aliphatic carbocycles. The summed E-state index contributed by atoms with van der Waals surface area (Å²) in [4.78, 5) is 21.5. The van der Waals surface area contributed by atoms with Gasteiger partial charge in [0.05, 0.1) is 12.2 Å². The van der Waals surface area contributed by atoms with Crippen molar-refractivity contribution in [3.05, 3.63) is 58.5 Å². The monoisotopic (exact) mass is 350 g/mol. The van der Waals surface area contributed by atoms with E-state index in [1.165, 1.54) is 29.5 Å². The topological polar surface area (TPSA) is 62.2 Å². The van der Waals surface area contributed by atoms with E-state index in [0.717, 1.165) is 29.0 Å². The van der Waals surface area contributed by atoms with Crippen molar-refractivity contribution in [2.45, 2.75) is 32.2 Å². The Bertz CT molecular complexity index is 1060. The molecule has 25 heavy (non-hydrogen) atoms. The highest BCUT2D eigenvalue weighted by Crippen LogP contribution is 2.29. The average Bonchev–Trinajstić information content (AvgIpc) is 3.31. The van der Waals surface area contributed by atoms with Gasteiger partial charge < -0.3 is 10.3 Å². The molecule has 126 valence electrons. The minimum atomic E-state index is -0.0518. The predicted molar refractivity (Wildman–Crippen MR) is 99.2 cm³/mol. The molecule has 5 rings (SSSR count). The summed E-state index contributed by atoms with van der Waals surface area (Å²) in [7, 11) is 0. The van der Waals surface area contributed by atoms with Crippen molar-refractivity contribution in [3.63, 3.8) is 0 Å². The second kappa shape index (κ2) is 5.74. The summed E-state index contributed by atoms with van der Waals surface area (Å²) in [6.07, 6.45) is 8.62. The summed E-state index contributed by atoms with van der Waals surface area (Å²) in [5.41, 5.74) is 5.46. The number of imidazole rings is 1. The summed E-state index contributed by atoms with van der Waals surface area (Å²) in [6, 6.07) is 5.94. The molecule has 0 radical (unpaired) electrons. The first-order valence-corrected chi connectivity index (χ1v) is 9.49. The SMILES string of the molecule is O=C(NCc1cn2ccsc2n1)c1ccc2[nH]c3c(c2c1)CCCC3. The molecule has 0 bridgehead atoms. The number of hydrogen-bond donors (Lipinski definition) is 2. The standard InChI is InChI=1S/C19H18N4OS/c24-18(20-10-13-11-23-7-8-25-19(23)21-13)12-5-6-17-15(9-12)14-3-1-2-4-16(14)22-17/h5-9,11,22H,1-4,10H2,(H,20,24). The first-order valence-electron chi connectivity index (χ1n) is 8.61. The lowest BCUT2D eigenvalue weighted by atomic mass is 9.95. The first kappa shape index (κ1) is 14.7. The van der Waals surface area contributed by atoms with Crippen molar-refractivity contribution in [1.29, 1.82) is 0 Å². The quantitative estimate of drug-likeness (QED) is 0.592. The average molecular weight is 350 g/mol. The van der Waals surface area contributed by atoms with E-state index in [1.54, 1.807) is 11.3 Å². The zero-order valence-corrected chi connectivity index (χ0v) is 14.5. The number of fused-ring (bicyclic) bond motifs is 4. The van der Waals surface area contributed by atoms with E-state index in [9.17, 15) is 4.79 Å². The third kappa shape index (κ3) is 2.53. The van der Waals surface area contributed by atoms with Gasteiger partial charge in [-0.1, -0.05) is 0 Å². The number of aryl methyl sites for hydroxylation is 2. The van der Waals surface area contributed by atoms with Crippen LogP contribution in [0, 0.1) is 0 Å². The number of nitrogens with zero attached hydrogens (tertiary/aromatic N) is 2. The third-order valence-electron chi connectivity index (χ3n) is 4.93. The van der Waals surface area contributed by atoms with E-state index in [0.29, 0.717) is 12.1 Å². The molecule has 0 aliphatic heterocycles. The Kier molecular flexibility index (Phi) is 3.38. The molecular weight excluding hydrogens is 332 g/mol. The van der Waals surface area contributed by atoms with Gasteiger partial charge in [0, 0.05) is 39.9 Å². The number of thiazole rings is 1. The van der Waals surface area contributed by atoms with Crippen molar-refractivity contribution in [2.75, 3.05) is 0 Å². The lowest BCUT2D eigenvalue weighted by molar-refractivity contribution is 0.0950. The van der Waals surface area contributed by atoms with Crippen molar-refractivity contribution in [2.24, 2.45) is 0 Å². The summed E-state index contributed by atoms with van der Waals surface area (Å²) in [5, 5.41) is 6.18. The molecule has 0 atom stereocenters. The number of hydrogen-bond acceptors (Lipinski definition) is 3. The Morgan fingerprint density at radius 3 is 3.16 bits per heavy atom. The van der Waals surface area contributed by atoms with E-state index < -0.39 is 0 Å². The molecule has 1 aliphatic rings. The van der Waals surface area contributed by atoms with Gasteiger partial charge in [0.1, 0.15) is 0 Å². The van der Waals surface area contributed by atoms with Crippen LogP contribution in [0.15, 0.2) is 36.0 Å². The summed E-state index contributed by atoms with van der Waals surface area (Å²) < 4.78 is 1.98. The normalized spacial score (nSPS) is 14.1. The van der Waals surface area contributed by atoms with Gasteiger partial charge in [0.2, 0.25) is 0 Å². The van der Waals surface area contributed by atoms with E-state index in [1.807, 2.05) is 40.4 Å². The number of aromatic nitrogens is 3. The molecule has 0 spiro atoms. The molecule has 1 aromatic carbocycles. The Morgan fingerprint density at radius 1 is 1.32 bits per heavy atom. The third-order valence-corrected chi connectivity index (χ3v) is 5.70. The van der Waals surface area contributed by atoms with Gasteiger partial charge >= 0.3 is 0 Å². The molecule has 3 heterocycles. The number of carbonyl (C=O) groups excluding carboxylic acids is 1. The molecule has 0 saturated carbocycles. The highest BCUT2D eigenvalue weighted by molar-refractivity contribution is 7.15. The molecule has 5 nitrogen and oxygen atoms in total. The smallest absolute Gasteiger partial charge is 0.251 e. The van der Waals surface area contributed by atoms with Crippen LogP contribution in [0.1, 0.15) is 40.2 Å². The maximum atomic E-state index is 12.6. The Balaban J connectivity index is 1.38. The van der Waals surface area contributed by atoms with E-state index in [2.05, 4.69) is 15.3 Å². The van der Waals surface area contributed by atoms with Crippen LogP contribution in [0.4, 0.5) is 0 Å². The van der Waals surface area contributed by atoms with Crippen LogP contribution in [0.2, 0.25) is 0 Å². The number of carbonyl (C=O) groups is 1. The molecule has 0 fully saturated rings. The van der Waals surface area contributed by atoms with Crippen LogP contribution < -0.4 is 5.32 Å². The van der Waals surface area contributed by atoms with Crippen LogP contribution in [0.25, 0.3) is 15.9 Å². The second-order valence-electron chi connectivity index (χ2n) is 6.56. The molecule has 0 saturated heterocycles. The van der Waals surface area contributed by atoms with Gasteiger partial charge in [-0.05, 0) is 49.4 Å². The fourth-order valence-electron chi connectivity index (χ4n) is 3.68. The zero-order valence-electron chi connectivity index (χ0n) is 13.7. The van der Waals surface area contributed by atoms with Crippen molar-refractivity contribution in [3.8, 4) is 0 Å². The van der Waals surface area contributed by atoms with Gasteiger partial charge in [-0.15, -0.1) is 11.3 Å². The number of nitrogens with one attached hydrogen (secondary N) is 2. The maximum absolute atomic E-state index is 12.6. The minimum Gasteiger partial charge on any atom is -0.358 e. The zero-order chi connectivity index (χ0) is 16.8. The lowest BCUT2D eigenvalue weighted by Gasteiger charge is -2.10. The van der Waals surface area contributed by atoms with Crippen LogP contribution >= 0.6 is 11.3 Å². The molecular formula is C19H18N4OS. The minimum absolute atomic E-state index is 0.0518. The van der Waals surface area contributed by atoms with Gasteiger partial charge in [-0.2, -0.15) is 0 Å². The summed E-state index contributed by atoms with van der Waals surface area (Å²) >= 11 is 1.59. The van der Waals surface area contributed by atoms with Crippen molar-refractivity contribution >= 4 is 33.1 Å². The summed E-state index contributed by atoms with van der Waals surface area (Å²) in [5.74, 6) is -0.0518. The Hall–Kier alpha value is -2.60. The van der Waals surface area contributed by atoms with E-state index in [4.69, 9.17) is 0 Å². The second-order valence-corrected chi connectivity index (χ2v) is 7.43. The number of benzene rings is 1. The fourth-order valence-corrected chi connectivity index (χ4v) is 4.40. The number of amides is 1. The van der Waals surface area contributed by atoms with Gasteiger partial charge in [0.15, 0.2) is 4.96 Å². The fraction of sp³-hybridized carbons (Fsp3) is 0.263. The molecule has 0 unspecified atom stereocenters. The van der Waals surface area contributed by atoms with Crippen molar-refractivity contribution < 1.29 is 4.79 Å². The molecule has 2 N–H and O–H groups in total. The Morgan fingerprint density at radius 2 is 2.24 bits per heavy atom. The van der Waals surface area contributed by atoms with Crippen LogP contribution in [-0.4, -0.2) is 20.3 Å². The predicted octanol–water partition coefficient (Wildman–Crippen LogP) is 3.69. The Labute approximate surface area is 148 Å². The van der Waals surface area contributed by atoms with E-state index in [-0.39, 0.29) is 5.91 Å². The number of H-pyrrole nitrogens is 1. The maximum Gasteiger partial charge on any atom is 0.251 e. The number of rotatable bonds is 3. The largest absolute Gasteiger partial charge is 0.358 e. The molecule has 1 amide bonds. The van der Waals surface area contributed by atoms with Crippen LogP contribution in [-0.2, 0) is 19.4 Å². The highest BCUT2D eigenvalue weighted by atomic mass is 32.1. The van der Waals surface area contributed by atoms with Crippen molar-refractivity contribution in [1.82, 2.24) is 19.7 Å². The van der Waals surface area contributed by atoms with E-state index >= 15 is 0 Å². The molecule has 4 aromatic rings. The molecule has 6 heteroatoms. The van der Waals surface area contributed by atoms with Crippen LogP contribution in [0.5, 0.6) is 0 Å². The van der Waals surface area contributed by atoms with Gasteiger partial charge in [-0.25, -0.2) is 4.98 Å². The van der Waals surface area contributed by atoms with Gasteiger partial charge in [-0.3, -0.25) is 9.20 Å². The summed E-state index contributed by atoms with van der Waals surface area (Å²) in [6.45, 7) is 0.441. The first-order chi connectivity index (χ1) is 12.3. The van der Waals surface area contributed by atoms with Crippen LogP contribution in [0.3, 0.4) is 0 Å². The number of aromatic amines is 1. The van der Waals surface area contributed by atoms with Gasteiger partial charge in [0.25, 0.3) is 5.91 Å².